The Morgan fingerprint density at radius 3 is 1.01 bits per heavy atom. The van der Waals surface area contributed by atoms with Crippen LogP contribution >= 0.6 is 0 Å². The van der Waals surface area contributed by atoms with Crippen LogP contribution in [0, 0.1) is 0 Å². The predicted octanol–water partition coefficient (Wildman–Crippen LogP) is 11.4. The summed E-state index contributed by atoms with van der Waals surface area (Å²) >= 11 is 0. The number of ether oxygens (including phenoxy) is 3. The van der Waals surface area contributed by atoms with E-state index < -0.39 is 0 Å². The number of anilines is 7. The van der Waals surface area contributed by atoms with Gasteiger partial charge in [0.05, 0.1) is 44.2 Å². The van der Waals surface area contributed by atoms with Crippen LogP contribution in [0.3, 0.4) is 0 Å². The van der Waals surface area contributed by atoms with E-state index in [-0.39, 0.29) is 0 Å². The predicted molar refractivity (Wildman–Crippen MR) is 460 cm³/mol. The van der Waals surface area contributed by atoms with Gasteiger partial charge in [-0.1, -0.05) is 60.7 Å². The van der Waals surface area contributed by atoms with Gasteiger partial charge in [-0.25, -0.2) is 42.5 Å². The molecule has 0 radical (unpaired) electrons. The summed E-state index contributed by atoms with van der Waals surface area (Å²) in [6.07, 6.45) is 25.3. The normalized spacial score (nSPS) is 15.6. The standard InChI is InChI=1S/C19H23N5O.2C17H20N6.C17H18N4O2.C16H18N6/c1-2-10-21-18-7-11-24-19(23-18)17(14-22-24)15-5-3-6-16(13-15)25-12-4-9-20-8-1;1-3-13-11-14(4-1)19-9-8-18-6-2-7-20-16-5-10-23-17(22-16)15(13)12-21-23;1-3-13-11-14(4-1)19-7-2-6-18-8-9-20-16-5-10-23-17(22-16)15(13)12-21-23;1-3-13-11-14(4-1)22-10-7-18-6-2-9-23-16-5-8-21-17(20-16)15(13)12-19-21;1-2-12-10-13(3-1)18-7-5-17-6-8-19-15-4-9-22-16(21-15)14(12)11-20-22/h3,5-7,11,13-14,20H,1-2,4,8-10,12H2,(H,21,23);2*1,3-5,10-12,18-19H,2,6-9H2,(H,20,22);1,3-5,8,11-12,18H,2,6-7,9-10H2;1-4,9-11,17-18H,5-8H2,(H,19,21). The van der Waals surface area contributed by atoms with Gasteiger partial charge in [0.15, 0.2) is 28.2 Å². The molecule has 15 heterocycles. The van der Waals surface area contributed by atoms with Crippen molar-refractivity contribution >= 4 is 68.6 Å². The van der Waals surface area contributed by atoms with Crippen LogP contribution in [-0.2, 0) is 0 Å². The summed E-state index contributed by atoms with van der Waals surface area (Å²) in [5.41, 5.74) is 18.2. The number of aromatic nitrogens is 15. The van der Waals surface area contributed by atoms with E-state index in [2.05, 4.69) is 179 Å². The lowest BCUT2D eigenvalue weighted by molar-refractivity contribution is 0.288. The molecule has 5 aromatic carbocycles. The average molecular weight is 1560 g/mol. The lowest BCUT2D eigenvalue weighted by Gasteiger charge is -2.11. The molecule has 15 aromatic rings. The van der Waals surface area contributed by atoms with Crippen LogP contribution in [0.15, 0.2) is 214 Å². The van der Waals surface area contributed by atoms with Crippen molar-refractivity contribution in [3.63, 3.8) is 0 Å². The maximum absolute atomic E-state index is 5.90. The largest absolute Gasteiger partial charge is 0.494 e. The van der Waals surface area contributed by atoms with Crippen molar-refractivity contribution in [1.29, 1.82) is 0 Å². The van der Waals surface area contributed by atoms with Gasteiger partial charge in [-0.2, -0.15) is 30.5 Å². The third kappa shape index (κ3) is 20.3. The molecule has 0 saturated heterocycles. The zero-order valence-electron chi connectivity index (χ0n) is 65.0. The van der Waals surface area contributed by atoms with Gasteiger partial charge in [0.1, 0.15) is 41.4 Å². The molecule has 596 valence electrons. The van der Waals surface area contributed by atoms with Crippen molar-refractivity contribution in [3.05, 3.63) is 214 Å². The average Bonchev–Trinajstić information content (AvgIpc) is 1.78. The van der Waals surface area contributed by atoms with Crippen molar-refractivity contribution in [2.24, 2.45) is 0 Å². The minimum absolute atomic E-state index is 0.626. The molecular formula is C86H99N27O3. The zero-order valence-corrected chi connectivity index (χ0v) is 65.0. The van der Waals surface area contributed by atoms with E-state index >= 15 is 0 Å². The molecule has 0 atom stereocenters. The number of hydrogen-bond donors (Lipinski definition) is 12. The van der Waals surface area contributed by atoms with Gasteiger partial charge in [0, 0.05) is 160 Å². The van der Waals surface area contributed by atoms with Crippen LogP contribution in [0.4, 0.5) is 40.3 Å². The smallest absolute Gasteiger partial charge is 0.216 e. The molecule has 0 unspecified atom stereocenters. The fourth-order valence-electron chi connectivity index (χ4n) is 14.0. The minimum Gasteiger partial charge on any atom is -0.494 e. The molecule has 5 aliphatic rings. The summed E-state index contributed by atoms with van der Waals surface area (Å²) in [6.45, 7) is 17.7. The van der Waals surface area contributed by atoms with Crippen LogP contribution in [0.2, 0.25) is 0 Å². The molecule has 30 heteroatoms. The van der Waals surface area contributed by atoms with Crippen molar-refractivity contribution < 1.29 is 14.2 Å². The van der Waals surface area contributed by atoms with Gasteiger partial charge in [-0.15, -0.1) is 0 Å². The molecule has 10 aromatic heterocycles. The van der Waals surface area contributed by atoms with E-state index in [1.807, 2.05) is 147 Å². The monoisotopic (exact) mass is 1560 g/mol. The van der Waals surface area contributed by atoms with Gasteiger partial charge in [-0.05, 0) is 184 Å². The summed E-state index contributed by atoms with van der Waals surface area (Å²) in [5.74, 6) is 5.90. The summed E-state index contributed by atoms with van der Waals surface area (Å²) in [7, 11) is 0. The molecule has 0 fully saturated rings. The van der Waals surface area contributed by atoms with E-state index in [0.717, 1.165) is 292 Å². The Labute approximate surface area is 672 Å². The highest BCUT2D eigenvalue weighted by Crippen LogP contribution is 2.33. The Morgan fingerprint density at radius 1 is 0.241 bits per heavy atom. The highest BCUT2D eigenvalue weighted by Gasteiger charge is 2.17. The number of rotatable bonds is 0. The molecule has 116 heavy (non-hydrogen) atoms. The first-order chi connectivity index (χ1) is 57.5. The Hall–Kier alpha value is -13.0. The molecule has 12 N–H and O–H groups in total. The van der Waals surface area contributed by atoms with Crippen molar-refractivity contribution in [2.45, 2.75) is 38.5 Å². The summed E-state index contributed by atoms with van der Waals surface area (Å²) in [5, 5.41) is 63.0. The fourth-order valence-corrected chi connectivity index (χ4v) is 14.0. The number of hydrogen-bond acceptors (Lipinski definition) is 25. The van der Waals surface area contributed by atoms with Gasteiger partial charge in [-0.3, -0.25) is 0 Å². The second-order valence-electron chi connectivity index (χ2n) is 28.4. The van der Waals surface area contributed by atoms with E-state index in [4.69, 9.17) is 34.1 Å². The summed E-state index contributed by atoms with van der Waals surface area (Å²) in [6, 6.07) is 51.0. The lowest BCUT2D eigenvalue weighted by atomic mass is 10.1. The number of nitrogens with zero attached hydrogens (tertiary/aromatic N) is 15. The molecular weight excluding hydrogens is 1460 g/mol. The van der Waals surface area contributed by atoms with Crippen molar-refractivity contribution in [1.82, 2.24) is 99.6 Å². The van der Waals surface area contributed by atoms with Gasteiger partial charge in [0.25, 0.3) is 0 Å². The quantitative estimate of drug-likeness (QED) is 0.0671. The Bertz CT molecular complexity index is 5350. The van der Waals surface area contributed by atoms with Gasteiger partial charge in [0.2, 0.25) is 5.88 Å². The number of nitrogens with one attached hydrogen (secondary N) is 12. The maximum atomic E-state index is 5.90. The second kappa shape index (κ2) is 39.2. The van der Waals surface area contributed by atoms with E-state index in [1.54, 1.807) is 4.52 Å². The lowest BCUT2D eigenvalue weighted by Crippen LogP contribution is -2.27. The van der Waals surface area contributed by atoms with Crippen molar-refractivity contribution in [2.75, 3.05) is 168 Å². The summed E-state index contributed by atoms with van der Waals surface area (Å²) < 4.78 is 26.5. The molecule has 0 amide bonds. The SMILES string of the molecule is c1cc2cc(c1)-c1cnn3ccc(nc13)NCCCCNCCCO2.c1cc2cc(c1)-c1cnn3ccc(nc13)NCCCNCCN2.c1cc2cc(c1)-c1cnn3ccc(nc13)NCCNCCCN2.c1cc2cc(c1)-c1cnn3ccc(nc13)NCCNCCN2.c1cc2cc(c1)-c1cnn3ccc(nc13)OCCCNCCO2. The Kier molecular flexibility index (Phi) is 26.0. The topological polar surface area (TPSA) is 323 Å². The van der Waals surface area contributed by atoms with Crippen LogP contribution < -0.4 is 78.0 Å². The van der Waals surface area contributed by atoms with Crippen LogP contribution in [0.1, 0.15) is 38.5 Å². The maximum Gasteiger partial charge on any atom is 0.216 e. The number of benzene rings is 5. The molecule has 0 saturated carbocycles. The van der Waals surface area contributed by atoms with Crippen LogP contribution in [0.5, 0.6) is 17.4 Å². The zero-order chi connectivity index (χ0) is 78.1. The molecule has 20 bridgehead atoms. The molecule has 30 nitrogen and oxygen atoms in total. The third-order valence-electron chi connectivity index (χ3n) is 20.0. The van der Waals surface area contributed by atoms with Gasteiger partial charge < -0.3 is 78.0 Å². The molecule has 5 aliphatic heterocycles. The van der Waals surface area contributed by atoms with Crippen LogP contribution in [-0.4, -0.2) is 204 Å². The fraction of sp³-hybridized carbons (Fsp3) is 0.302. The highest BCUT2D eigenvalue weighted by molar-refractivity contribution is 5.83. The van der Waals surface area contributed by atoms with E-state index in [9.17, 15) is 0 Å². The Balaban J connectivity index is 0.000000109. The Morgan fingerprint density at radius 2 is 0.552 bits per heavy atom. The third-order valence-corrected chi connectivity index (χ3v) is 20.0. The first kappa shape index (κ1) is 77.0. The molecule has 0 aliphatic carbocycles. The first-order valence-corrected chi connectivity index (χ1v) is 40.3. The first-order valence-electron chi connectivity index (χ1n) is 40.3. The second-order valence-corrected chi connectivity index (χ2v) is 28.4. The van der Waals surface area contributed by atoms with Crippen LogP contribution in [0.25, 0.3) is 83.9 Å². The van der Waals surface area contributed by atoms with E-state index in [1.165, 1.54) is 0 Å². The molecule has 0 spiro atoms. The van der Waals surface area contributed by atoms with E-state index in [0.29, 0.717) is 19.1 Å². The molecule has 20 rings (SSSR count). The van der Waals surface area contributed by atoms with Gasteiger partial charge >= 0.3 is 0 Å². The van der Waals surface area contributed by atoms with Crippen molar-refractivity contribution in [3.8, 4) is 73.0 Å². The summed E-state index contributed by atoms with van der Waals surface area (Å²) in [4.78, 5) is 23.5. The minimum atomic E-state index is 0.626. The highest BCUT2D eigenvalue weighted by atomic mass is 16.5. The number of fused-ring (bicyclic) bond motifs is 20.